The summed E-state index contributed by atoms with van der Waals surface area (Å²) in [5.41, 5.74) is 14.8. The first-order valence-corrected chi connectivity index (χ1v) is 20.5. The maximum absolute atomic E-state index is 2.41. The van der Waals surface area contributed by atoms with Crippen LogP contribution in [-0.2, 0) is 0 Å². The Balaban J connectivity index is 1.04. The van der Waals surface area contributed by atoms with E-state index in [1.165, 1.54) is 81.1 Å². The smallest absolute Gasteiger partial charge is 0.0541 e. The molecule has 1 aliphatic rings. The van der Waals surface area contributed by atoms with Crippen LogP contribution in [-0.4, -0.2) is 4.57 Å². The summed E-state index contributed by atoms with van der Waals surface area (Å²) < 4.78 is 5.04. The van der Waals surface area contributed by atoms with Crippen LogP contribution in [0.25, 0.3) is 69.9 Å². The van der Waals surface area contributed by atoms with Gasteiger partial charge in [0, 0.05) is 53.7 Å². The van der Waals surface area contributed by atoms with Crippen LogP contribution >= 0.6 is 11.3 Å². The third-order valence-electron chi connectivity index (χ3n) is 11.5. The molecule has 0 amide bonds. The van der Waals surface area contributed by atoms with Crippen LogP contribution in [0.5, 0.6) is 0 Å². The molecule has 0 radical (unpaired) electrons. The molecule has 0 spiro atoms. The number of nitrogens with zero attached hydrogens (tertiary/aromatic N) is 2. The number of allylic oxidation sites excluding steroid dienone is 4. The number of fused-ring (bicyclic) bond motifs is 6. The highest BCUT2D eigenvalue weighted by molar-refractivity contribution is 7.25. The molecule has 270 valence electrons. The Labute approximate surface area is 336 Å². The normalized spacial score (nSPS) is 13.0. The fourth-order valence-electron chi connectivity index (χ4n) is 8.75. The first-order valence-electron chi connectivity index (χ1n) is 19.7. The third-order valence-corrected chi connectivity index (χ3v) is 12.6. The van der Waals surface area contributed by atoms with Crippen molar-refractivity contribution in [2.45, 2.75) is 12.8 Å². The van der Waals surface area contributed by atoms with Crippen LogP contribution in [0.1, 0.15) is 24.0 Å². The van der Waals surface area contributed by atoms with Crippen LogP contribution in [0, 0.1) is 0 Å². The Bertz CT molecular complexity index is 3130. The van der Waals surface area contributed by atoms with Gasteiger partial charge >= 0.3 is 0 Å². The standard InChI is InChI=1S/C54H38N2S/c1-4-14-43(15-5-1)55(44-16-6-2-7-17-44)46-33-41(32-42(34-46)40-29-31-54-50(36-40)48-21-11-13-23-53(48)57-54)38-26-24-37(25-27-38)39-28-30-52-49(35-39)47-20-10-12-22-51(47)56(52)45-18-8-3-9-19-45/h1-24,26,28-36H,25,27H2. The van der Waals surface area contributed by atoms with E-state index in [2.05, 4.69) is 216 Å². The zero-order valence-electron chi connectivity index (χ0n) is 31.3. The van der Waals surface area contributed by atoms with E-state index in [1.807, 2.05) is 11.3 Å². The molecule has 0 saturated heterocycles. The molecule has 10 aromatic rings. The lowest BCUT2D eigenvalue weighted by Gasteiger charge is -2.27. The summed E-state index contributed by atoms with van der Waals surface area (Å²) in [7, 11) is 0. The lowest BCUT2D eigenvalue weighted by molar-refractivity contribution is 1.07. The lowest BCUT2D eigenvalue weighted by Crippen LogP contribution is -2.10. The Morgan fingerprint density at radius 3 is 1.67 bits per heavy atom. The number of rotatable bonds is 7. The molecule has 0 atom stereocenters. The van der Waals surface area contributed by atoms with E-state index in [-0.39, 0.29) is 0 Å². The molecule has 57 heavy (non-hydrogen) atoms. The molecule has 0 fully saturated rings. The van der Waals surface area contributed by atoms with Crippen molar-refractivity contribution in [1.82, 2.24) is 4.57 Å². The van der Waals surface area contributed by atoms with Gasteiger partial charge in [0.25, 0.3) is 0 Å². The molecule has 0 aliphatic heterocycles. The van der Waals surface area contributed by atoms with E-state index in [0.717, 1.165) is 29.9 Å². The Morgan fingerprint density at radius 1 is 0.368 bits per heavy atom. The Hall–Kier alpha value is -6.94. The van der Waals surface area contributed by atoms with Gasteiger partial charge in [0.2, 0.25) is 0 Å². The molecular formula is C54H38N2S. The number of anilines is 3. The monoisotopic (exact) mass is 746 g/mol. The van der Waals surface area contributed by atoms with E-state index < -0.39 is 0 Å². The highest BCUT2D eigenvalue weighted by atomic mass is 32.1. The molecular weight excluding hydrogens is 709 g/mol. The Morgan fingerprint density at radius 2 is 0.930 bits per heavy atom. The summed E-state index contributed by atoms with van der Waals surface area (Å²) in [6, 6.07) is 70.9. The minimum absolute atomic E-state index is 0.962. The van der Waals surface area contributed by atoms with Crippen molar-refractivity contribution in [2.24, 2.45) is 0 Å². The van der Waals surface area contributed by atoms with Gasteiger partial charge in [-0.15, -0.1) is 11.3 Å². The zero-order valence-corrected chi connectivity index (χ0v) is 32.2. The van der Waals surface area contributed by atoms with E-state index in [1.54, 1.807) is 0 Å². The molecule has 0 unspecified atom stereocenters. The van der Waals surface area contributed by atoms with Gasteiger partial charge < -0.3 is 9.47 Å². The summed E-state index contributed by atoms with van der Waals surface area (Å²) in [6.07, 6.45) is 6.66. The van der Waals surface area contributed by atoms with Crippen LogP contribution in [0.4, 0.5) is 17.1 Å². The van der Waals surface area contributed by atoms with Crippen molar-refractivity contribution in [1.29, 1.82) is 0 Å². The van der Waals surface area contributed by atoms with Crippen LogP contribution in [0.2, 0.25) is 0 Å². The third kappa shape index (κ3) is 5.96. The summed E-state index contributed by atoms with van der Waals surface area (Å²) in [5.74, 6) is 0. The summed E-state index contributed by atoms with van der Waals surface area (Å²) in [6.45, 7) is 0. The quantitative estimate of drug-likeness (QED) is 0.158. The summed E-state index contributed by atoms with van der Waals surface area (Å²) in [4.78, 5) is 2.39. The maximum Gasteiger partial charge on any atom is 0.0541 e. The second-order valence-corrected chi connectivity index (χ2v) is 16.0. The SMILES string of the molecule is C1=C(c2cc(-c3ccc4sc5ccccc5c4c3)cc(N(c3ccccc3)c3ccccc3)c2)CCC(c2ccc3c(c2)c2ccccc2n3-c2ccccc2)=C1. The number of para-hydroxylation sites is 4. The molecule has 0 bridgehead atoms. The van der Waals surface area contributed by atoms with Gasteiger partial charge in [-0.3, -0.25) is 0 Å². The molecule has 2 aromatic heterocycles. The highest BCUT2D eigenvalue weighted by Gasteiger charge is 2.19. The van der Waals surface area contributed by atoms with E-state index in [0.29, 0.717) is 0 Å². The van der Waals surface area contributed by atoms with Gasteiger partial charge in [-0.25, -0.2) is 0 Å². The second kappa shape index (κ2) is 14.0. The van der Waals surface area contributed by atoms with Gasteiger partial charge in [-0.2, -0.15) is 0 Å². The van der Waals surface area contributed by atoms with E-state index in [9.17, 15) is 0 Å². The molecule has 1 aliphatic carbocycles. The minimum atomic E-state index is 0.962. The van der Waals surface area contributed by atoms with Crippen LogP contribution in [0.3, 0.4) is 0 Å². The topological polar surface area (TPSA) is 8.17 Å². The van der Waals surface area contributed by atoms with Crippen molar-refractivity contribution in [2.75, 3.05) is 4.90 Å². The van der Waals surface area contributed by atoms with Crippen molar-refractivity contribution >= 4 is 81.5 Å². The molecule has 11 rings (SSSR count). The van der Waals surface area contributed by atoms with Crippen LogP contribution < -0.4 is 4.90 Å². The summed E-state index contributed by atoms with van der Waals surface area (Å²) >= 11 is 1.87. The predicted molar refractivity (Wildman–Crippen MR) is 245 cm³/mol. The molecule has 3 heteroatoms. The first-order chi connectivity index (χ1) is 28.2. The van der Waals surface area contributed by atoms with E-state index in [4.69, 9.17) is 0 Å². The summed E-state index contributed by atoms with van der Waals surface area (Å²) in [5, 5.41) is 5.21. The predicted octanol–water partition coefficient (Wildman–Crippen LogP) is 15.5. The average molecular weight is 747 g/mol. The van der Waals surface area contributed by atoms with Gasteiger partial charge in [-0.1, -0.05) is 115 Å². The first kappa shape index (κ1) is 33.4. The molecule has 8 aromatic carbocycles. The van der Waals surface area contributed by atoms with Crippen molar-refractivity contribution in [3.63, 3.8) is 0 Å². The lowest BCUT2D eigenvalue weighted by atomic mass is 9.88. The number of aromatic nitrogens is 1. The van der Waals surface area contributed by atoms with Gasteiger partial charge in [0.05, 0.1) is 11.0 Å². The molecule has 2 nitrogen and oxygen atoms in total. The fraction of sp³-hybridized carbons (Fsp3) is 0.0370. The minimum Gasteiger partial charge on any atom is -0.310 e. The second-order valence-electron chi connectivity index (χ2n) is 14.9. The van der Waals surface area contributed by atoms with Crippen molar-refractivity contribution in [3.05, 3.63) is 217 Å². The van der Waals surface area contributed by atoms with Crippen LogP contribution in [0.15, 0.2) is 206 Å². The van der Waals surface area contributed by atoms with E-state index >= 15 is 0 Å². The molecule has 2 heterocycles. The largest absolute Gasteiger partial charge is 0.310 e. The number of hydrogen-bond acceptors (Lipinski definition) is 2. The number of thiophene rings is 1. The highest BCUT2D eigenvalue weighted by Crippen LogP contribution is 2.43. The number of hydrogen-bond donors (Lipinski definition) is 0. The van der Waals surface area contributed by atoms with Gasteiger partial charge in [0.1, 0.15) is 0 Å². The van der Waals surface area contributed by atoms with Crippen molar-refractivity contribution in [3.8, 4) is 16.8 Å². The fourth-order valence-corrected chi connectivity index (χ4v) is 9.83. The van der Waals surface area contributed by atoms with Crippen molar-refractivity contribution < 1.29 is 0 Å². The van der Waals surface area contributed by atoms with Gasteiger partial charge in [-0.05, 0) is 137 Å². The molecule has 0 N–H and O–H groups in total. The average Bonchev–Trinajstić information content (AvgIpc) is 3.83. The number of benzene rings is 8. The molecule has 0 saturated carbocycles. The van der Waals surface area contributed by atoms with Gasteiger partial charge in [0.15, 0.2) is 0 Å². The maximum atomic E-state index is 2.41. The zero-order chi connectivity index (χ0) is 37.7. The Kier molecular flexibility index (Phi) is 8.19.